The molecular formula is C29H30N2O2S. The zero-order chi connectivity index (χ0) is 23.5. The maximum Gasteiger partial charge on any atom is 0.267 e. The van der Waals surface area contributed by atoms with Gasteiger partial charge in [-0.05, 0) is 72.5 Å². The summed E-state index contributed by atoms with van der Waals surface area (Å²) in [4.78, 5) is 21.5. The topological polar surface area (TPSA) is 41.9 Å². The van der Waals surface area contributed by atoms with E-state index in [1.165, 1.54) is 18.2 Å². The molecule has 174 valence electrons. The van der Waals surface area contributed by atoms with Gasteiger partial charge in [-0.1, -0.05) is 68.3 Å². The van der Waals surface area contributed by atoms with Crippen LogP contribution in [0, 0.1) is 5.92 Å². The van der Waals surface area contributed by atoms with Crippen LogP contribution < -0.4 is 4.74 Å². The summed E-state index contributed by atoms with van der Waals surface area (Å²) in [6.07, 6.45) is 6.56. The Hall–Kier alpha value is -3.05. The van der Waals surface area contributed by atoms with Gasteiger partial charge in [0.2, 0.25) is 0 Å². The molecule has 1 amide bonds. The monoisotopic (exact) mass is 470 g/mol. The fraction of sp³-hybridized carbons (Fsp3) is 0.310. The van der Waals surface area contributed by atoms with Crippen LogP contribution in [0.25, 0.3) is 16.8 Å². The molecule has 1 saturated heterocycles. The second-order valence-corrected chi connectivity index (χ2v) is 9.99. The van der Waals surface area contributed by atoms with Crippen LogP contribution in [0.15, 0.2) is 76.6 Å². The molecule has 0 aromatic heterocycles. The highest BCUT2D eigenvalue weighted by molar-refractivity contribution is 8.18. The van der Waals surface area contributed by atoms with E-state index in [4.69, 9.17) is 9.73 Å². The van der Waals surface area contributed by atoms with Crippen LogP contribution in [-0.2, 0) is 4.79 Å². The van der Waals surface area contributed by atoms with Crippen LogP contribution in [0.5, 0.6) is 5.75 Å². The van der Waals surface area contributed by atoms with Gasteiger partial charge in [-0.15, -0.1) is 0 Å². The first-order valence-corrected chi connectivity index (χ1v) is 13.0. The molecule has 4 nitrogen and oxygen atoms in total. The third-order valence-corrected chi connectivity index (χ3v) is 7.70. The summed E-state index contributed by atoms with van der Waals surface area (Å²) in [6, 6.07) is 22.4. The molecule has 3 aromatic rings. The first kappa shape index (κ1) is 22.7. The largest absolute Gasteiger partial charge is 0.493 e. The summed E-state index contributed by atoms with van der Waals surface area (Å²) in [7, 11) is 0. The number of thioether (sulfide) groups is 1. The lowest BCUT2D eigenvalue weighted by molar-refractivity contribution is -0.124. The van der Waals surface area contributed by atoms with Crippen molar-refractivity contribution in [1.82, 2.24) is 4.90 Å². The molecule has 2 fully saturated rings. The van der Waals surface area contributed by atoms with Gasteiger partial charge in [-0.25, -0.2) is 4.99 Å². The van der Waals surface area contributed by atoms with E-state index in [1.54, 1.807) is 0 Å². The Morgan fingerprint density at radius 3 is 2.59 bits per heavy atom. The molecule has 0 N–H and O–H groups in total. The van der Waals surface area contributed by atoms with E-state index >= 15 is 0 Å². The summed E-state index contributed by atoms with van der Waals surface area (Å²) < 4.78 is 5.96. The van der Waals surface area contributed by atoms with E-state index in [2.05, 4.69) is 25.1 Å². The first-order valence-electron chi connectivity index (χ1n) is 12.2. The molecule has 0 bridgehead atoms. The number of rotatable bonds is 5. The van der Waals surface area contributed by atoms with Crippen LogP contribution in [-0.4, -0.2) is 28.6 Å². The normalized spacial score (nSPS) is 23.2. The average Bonchev–Trinajstić information content (AvgIpc) is 3.16. The van der Waals surface area contributed by atoms with Gasteiger partial charge in [0.05, 0.1) is 17.2 Å². The van der Waals surface area contributed by atoms with Crippen molar-refractivity contribution in [2.45, 2.75) is 45.6 Å². The molecule has 5 heteroatoms. The number of ether oxygens (including phenoxy) is 1. The number of benzene rings is 3. The number of amides is 1. The fourth-order valence-electron chi connectivity index (χ4n) is 4.99. The van der Waals surface area contributed by atoms with Gasteiger partial charge in [-0.3, -0.25) is 9.69 Å². The number of aliphatic imine (C=N–C) groups is 1. The van der Waals surface area contributed by atoms with Crippen molar-refractivity contribution in [3.8, 4) is 5.75 Å². The van der Waals surface area contributed by atoms with Crippen LogP contribution >= 0.6 is 11.8 Å². The smallest absolute Gasteiger partial charge is 0.267 e. The summed E-state index contributed by atoms with van der Waals surface area (Å²) >= 11 is 1.48. The van der Waals surface area contributed by atoms with Gasteiger partial charge < -0.3 is 4.74 Å². The second kappa shape index (κ2) is 10.1. The third kappa shape index (κ3) is 4.49. The standard InChI is InChI=1S/C29H30N2O2S/c1-3-33-26-18-17-21-12-8-9-15-23(21)24(26)19-27-28(32)31(25-16-10-7-11-20(25)2)29(34-27)30-22-13-5-4-6-14-22/h4-6,8-9,12-15,17-20,25H,3,7,10-11,16H2,1-2H3/b27-19-,30-29?/t20-,25-/m1/s1. The molecule has 3 aromatic carbocycles. The minimum absolute atomic E-state index is 0.0498. The average molecular weight is 471 g/mol. The highest BCUT2D eigenvalue weighted by atomic mass is 32.2. The first-order chi connectivity index (χ1) is 16.7. The molecule has 1 aliphatic heterocycles. The van der Waals surface area contributed by atoms with Crippen LogP contribution in [0.4, 0.5) is 5.69 Å². The Balaban J connectivity index is 1.61. The predicted octanol–water partition coefficient (Wildman–Crippen LogP) is 7.42. The second-order valence-electron chi connectivity index (χ2n) is 8.98. The van der Waals surface area contributed by atoms with Gasteiger partial charge >= 0.3 is 0 Å². The van der Waals surface area contributed by atoms with E-state index in [0.29, 0.717) is 17.4 Å². The fourth-order valence-corrected chi connectivity index (χ4v) is 6.01. The number of carbonyl (C=O) groups excluding carboxylic acids is 1. The van der Waals surface area contributed by atoms with E-state index < -0.39 is 0 Å². The van der Waals surface area contributed by atoms with E-state index in [-0.39, 0.29) is 11.9 Å². The molecule has 34 heavy (non-hydrogen) atoms. The lowest BCUT2D eigenvalue weighted by atomic mass is 9.85. The zero-order valence-corrected chi connectivity index (χ0v) is 20.6. The van der Waals surface area contributed by atoms with Crippen molar-refractivity contribution in [3.05, 3.63) is 77.2 Å². The minimum Gasteiger partial charge on any atom is -0.493 e. The molecule has 0 spiro atoms. The van der Waals surface area contributed by atoms with Gasteiger partial charge in [0, 0.05) is 11.6 Å². The van der Waals surface area contributed by atoms with Crippen molar-refractivity contribution >= 4 is 45.4 Å². The summed E-state index contributed by atoms with van der Waals surface area (Å²) in [5, 5.41) is 2.99. The zero-order valence-electron chi connectivity index (χ0n) is 19.7. The maximum absolute atomic E-state index is 13.9. The van der Waals surface area contributed by atoms with Gasteiger partial charge in [-0.2, -0.15) is 0 Å². The van der Waals surface area contributed by atoms with E-state index in [0.717, 1.165) is 52.2 Å². The van der Waals surface area contributed by atoms with Crippen molar-refractivity contribution in [3.63, 3.8) is 0 Å². The van der Waals surface area contributed by atoms with Gasteiger partial charge in [0.15, 0.2) is 5.17 Å². The Bertz CT molecular complexity index is 1250. The van der Waals surface area contributed by atoms with Crippen molar-refractivity contribution in [1.29, 1.82) is 0 Å². The summed E-state index contributed by atoms with van der Waals surface area (Å²) in [5.41, 5.74) is 1.82. The predicted molar refractivity (Wildman–Crippen MR) is 142 cm³/mol. The lowest BCUT2D eigenvalue weighted by Gasteiger charge is -2.35. The molecule has 1 heterocycles. The Kier molecular flexibility index (Phi) is 6.73. The highest BCUT2D eigenvalue weighted by Crippen LogP contribution is 2.41. The number of nitrogens with zero attached hydrogens (tertiary/aromatic N) is 2. The Morgan fingerprint density at radius 1 is 1.03 bits per heavy atom. The quantitative estimate of drug-likeness (QED) is 0.364. The molecule has 1 saturated carbocycles. The third-order valence-electron chi connectivity index (χ3n) is 6.72. The lowest BCUT2D eigenvalue weighted by Crippen LogP contribution is -2.44. The van der Waals surface area contributed by atoms with Crippen molar-refractivity contribution in [2.24, 2.45) is 10.9 Å². The number of para-hydroxylation sites is 1. The minimum atomic E-state index is 0.0498. The van der Waals surface area contributed by atoms with Gasteiger partial charge in [0.25, 0.3) is 5.91 Å². The number of hydrogen-bond acceptors (Lipinski definition) is 4. The summed E-state index contributed by atoms with van der Waals surface area (Å²) in [6.45, 7) is 4.82. The number of hydrogen-bond donors (Lipinski definition) is 0. The number of fused-ring (bicyclic) bond motifs is 1. The Labute approximate surface area is 205 Å². The molecular weight excluding hydrogens is 440 g/mol. The highest BCUT2D eigenvalue weighted by Gasteiger charge is 2.41. The molecule has 0 unspecified atom stereocenters. The van der Waals surface area contributed by atoms with E-state index in [9.17, 15) is 4.79 Å². The number of carbonyl (C=O) groups is 1. The maximum atomic E-state index is 13.9. The van der Waals surface area contributed by atoms with Crippen molar-refractivity contribution in [2.75, 3.05) is 6.61 Å². The molecule has 0 radical (unpaired) electrons. The van der Waals surface area contributed by atoms with E-state index in [1.807, 2.05) is 66.4 Å². The molecule has 2 aliphatic rings. The number of amidine groups is 1. The van der Waals surface area contributed by atoms with Gasteiger partial charge in [0.1, 0.15) is 5.75 Å². The Morgan fingerprint density at radius 2 is 1.79 bits per heavy atom. The molecule has 5 rings (SSSR count). The summed E-state index contributed by atoms with van der Waals surface area (Å²) in [5.74, 6) is 1.30. The molecule has 2 atom stereocenters. The van der Waals surface area contributed by atoms with Crippen LogP contribution in [0.3, 0.4) is 0 Å². The van der Waals surface area contributed by atoms with Crippen LogP contribution in [0.1, 0.15) is 45.1 Å². The SMILES string of the molecule is CCOc1ccc2ccccc2c1/C=C1\SC(=Nc2ccccc2)N([C@@H]2CCCC[C@H]2C)C1=O. The van der Waals surface area contributed by atoms with Crippen LogP contribution in [0.2, 0.25) is 0 Å². The molecule has 1 aliphatic carbocycles. The van der Waals surface area contributed by atoms with Crippen molar-refractivity contribution < 1.29 is 9.53 Å².